The first-order valence-electron chi connectivity index (χ1n) is 9.26. The zero-order chi connectivity index (χ0) is 16.5. The second-order valence-electron chi connectivity index (χ2n) is 6.71. The number of amides is 1. The highest BCUT2D eigenvalue weighted by atomic mass is 16.1. The van der Waals surface area contributed by atoms with Crippen LogP contribution in [-0.4, -0.2) is 48.4 Å². The number of rotatable bonds is 6. The summed E-state index contributed by atoms with van der Waals surface area (Å²) in [7, 11) is 0. The third kappa shape index (κ3) is 5.98. The molecule has 1 aliphatic heterocycles. The van der Waals surface area contributed by atoms with E-state index in [1.807, 2.05) is 4.90 Å². The quantitative estimate of drug-likeness (QED) is 0.743. The molecule has 1 heterocycles. The summed E-state index contributed by atoms with van der Waals surface area (Å²) in [6, 6.07) is 11.5. The van der Waals surface area contributed by atoms with E-state index in [2.05, 4.69) is 49.1 Å². The van der Waals surface area contributed by atoms with Crippen molar-refractivity contribution in [3.63, 3.8) is 0 Å². The molecule has 2 fully saturated rings. The number of piperazine rings is 1. The molecule has 1 amide bonds. The van der Waals surface area contributed by atoms with Crippen molar-refractivity contribution in [1.29, 1.82) is 0 Å². The summed E-state index contributed by atoms with van der Waals surface area (Å²) < 4.78 is 0. The molecule has 0 N–H and O–H groups in total. The molecule has 3 rings (SSSR count). The van der Waals surface area contributed by atoms with Gasteiger partial charge < -0.3 is 4.90 Å². The molecule has 1 unspecified atom stereocenters. The highest BCUT2D eigenvalue weighted by Crippen LogP contribution is 2.39. The van der Waals surface area contributed by atoms with Crippen LogP contribution in [0.5, 0.6) is 0 Å². The van der Waals surface area contributed by atoms with Gasteiger partial charge in [-0.2, -0.15) is 0 Å². The maximum Gasteiger partial charge on any atom is 0.209 e. The van der Waals surface area contributed by atoms with Crippen molar-refractivity contribution < 1.29 is 4.79 Å². The van der Waals surface area contributed by atoms with Gasteiger partial charge in [0.25, 0.3) is 0 Å². The molecule has 1 saturated heterocycles. The van der Waals surface area contributed by atoms with Gasteiger partial charge in [0.1, 0.15) is 0 Å². The van der Waals surface area contributed by atoms with E-state index in [-0.39, 0.29) is 0 Å². The van der Waals surface area contributed by atoms with Gasteiger partial charge in [-0.3, -0.25) is 9.69 Å². The normalized spacial score (nSPS) is 19.7. The fourth-order valence-electron chi connectivity index (χ4n) is 3.33. The Morgan fingerprint density at radius 1 is 1.09 bits per heavy atom. The van der Waals surface area contributed by atoms with Crippen LogP contribution in [0.2, 0.25) is 0 Å². The molecule has 3 heteroatoms. The number of hydrogen-bond donors (Lipinski definition) is 0. The van der Waals surface area contributed by atoms with Crippen LogP contribution in [0.25, 0.3) is 0 Å². The largest absolute Gasteiger partial charge is 0.343 e. The Balaban J connectivity index is 0.000000182. The first kappa shape index (κ1) is 18.0. The number of hydrogen-bond acceptors (Lipinski definition) is 2. The van der Waals surface area contributed by atoms with Gasteiger partial charge in [0, 0.05) is 32.2 Å². The summed E-state index contributed by atoms with van der Waals surface area (Å²) in [5.41, 5.74) is 1.53. The zero-order valence-corrected chi connectivity index (χ0v) is 14.8. The lowest BCUT2D eigenvalue weighted by Gasteiger charge is -2.37. The predicted molar refractivity (Wildman–Crippen MR) is 96.6 cm³/mol. The average Bonchev–Trinajstić information content (AvgIpc) is 3.46. The smallest absolute Gasteiger partial charge is 0.209 e. The SMILES string of the molecule is CCCC(CC)N1CCN(C=O)CC1.c1ccc(C2CC2)cc1. The molecule has 3 nitrogen and oxygen atoms in total. The lowest BCUT2D eigenvalue weighted by atomic mass is 10.1. The summed E-state index contributed by atoms with van der Waals surface area (Å²) in [6.07, 6.45) is 7.56. The first-order chi connectivity index (χ1) is 11.3. The third-order valence-corrected chi connectivity index (χ3v) is 4.96. The molecular weight excluding hydrogens is 284 g/mol. The molecule has 1 aromatic carbocycles. The maximum atomic E-state index is 10.5. The van der Waals surface area contributed by atoms with E-state index in [1.165, 1.54) is 37.7 Å². The van der Waals surface area contributed by atoms with Gasteiger partial charge in [0.15, 0.2) is 0 Å². The van der Waals surface area contributed by atoms with Crippen molar-refractivity contribution in [2.75, 3.05) is 26.2 Å². The fraction of sp³-hybridized carbons (Fsp3) is 0.650. The zero-order valence-electron chi connectivity index (χ0n) is 14.8. The van der Waals surface area contributed by atoms with E-state index >= 15 is 0 Å². The van der Waals surface area contributed by atoms with Gasteiger partial charge in [-0.15, -0.1) is 0 Å². The molecule has 1 aliphatic carbocycles. The molecule has 1 atom stereocenters. The Bertz CT molecular complexity index is 436. The monoisotopic (exact) mass is 316 g/mol. The van der Waals surface area contributed by atoms with Crippen LogP contribution < -0.4 is 0 Å². The van der Waals surface area contributed by atoms with Crippen molar-refractivity contribution in [1.82, 2.24) is 9.80 Å². The van der Waals surface area contributed by atoms with Crippen LogP contribution in [0.15, 0.2) is 30.3 Å². The second-order valence-corrected chi connectivity index (χ2v) is 6.71. The van der Waals surface area contributed by atoms with Gasteiger partial charge in [-0.1, -0.05) is 50.6 Å². The summed E-state index contributed by atoms with van der Waals surface area (Å²) in [5, 5.41) is 0. The van der Waals surface area contributed by atoms with E-state index in [0.29, 0.717) is 0 Å². The topological polar surface area (TPSA) is 23.6 Å². The number of carbonyl (C=O) groups excluding carboxylic acids is 1. The van der Waals surface area contributed by atoms with Crippen LogP contribution in [-0.2, 0) is 4.79 Å². The Morgan fingerprint density at radius 2 is 1.74 bits per heavy atom. The van der Waals surface area contributed by atoms with E-state index in [4.69, 9.17) is 0 Å². The Hall–Kier alpha value is -1.35. The van der Waals surface area contributed by atoms with Crippen LogP contribution in [0.3, 0.4) is 0 Å². The fourth-order valence-corrected chi connectivity index (χ4v) is 3.33. The van der Waals surface area contributed by atoms with Crippen LogP contribution in [0.1, 0.15) is 57.4 Å². The van der Waals surface area contributed by atoms with Gasteiger partial charge in [-0.05, 0) is 37.2 Å². The Kier molecular flexibility index (Phi) is 7.60. The molecular formula is C20H32N2O. The van der Waals surface area contributed by atoms with Crippen molar-refractivity contribution in [2.45, 2.75) is 57.9 Å². The van der Waals surface area contributed by atoms with Crippen LogP contribution in [0, 0.1) is 0 Å². The van der Waals surface area contributed by atoms with Crippen LogP contribution >= 0.6 is 0 Å². The van der Waals surface area contributed by atoms with E-state index in [9.17, 15) is 4.79 Å². The number of carbonyl (C=O) groups is 1. The van der Waals surface area contributed by atoms with Crippen molar-refractivity contribution >= 4 is 6.41 Å². The number of benzene rings is 1. The van der Waals surface area contributed by atoms with Gasteiger partial charge in [0.2, 0.25) is 6.41 Å². The second kappa shape index (κ2) is 9.71. The van der Waals surface area contributed by atoms with E-state index in [1.54, 1.807) is 0 Å². The minimum Gasteiger partial charge on any atom is -0.343 e. The highest BCUT2D eigenvalue weighted by molar-refractivity contribution is 5.47. The summed E-state index contributed by atoms with van der Waals surface area (Å²) in [5.74, 6) is 0.909. The summed E-state index contributed by atoms with van der Waals surface area (Å²) in [6.45, 7) is 8.42. The molecule has 2 aliphatic rings. The summed E-state index contributed by atoms with van der Waals surface area (Å²) >= 11 is 0. The third-order valence-electron chi connectivity index (χ3n) is 4.96. The van der Waals surface area contributed by atoms with Crippen molar-refractivity contribution in [3.8, 4) is 0 Å². The van der Waals surface area contributed by atoms with E-state index in [0.717, 1.165) is 44.5 Å². The highest BCUT2D eigenvalue weighted by Gasteiger charge is 2.22. The molecule has 0 bridgehead atoms. The molecule has 0 aromatic heterocycles. The predicted octanol–water partition coefficient (Wildman–Crippen LogP) is 3.90. The standard InChI is InChI=1S/C11H22N2O.C9H10/c1-3-5-11(4-2)13-8-6-12(10-14)7-9-13;1-2-4-8(5-3-1)9-6-7-9/h10-11H,3-9H2,1-2H3;1-5,9H,6-7H2. The Labute approximate surface area is 141 Å². The lowest BCUT2D eigenvalue weighted by molar-refractivity contribution is -0.120. The van der Waals surface area contributed by atoms with Crippen LogP contribution in [0.4, 0.5) is 0 Å². The van der Waals surface area contributed by atoms with Gasteiger partial charge in [-0.25, -0.2) is 0 Å². The average molecular weight is 316 g/mol. The number of nitrogens with zero attached hydrogens (tertiary/aromatic N) is 2. The van der Waals surface area contributed by atoms with Gasteiger partial charge >= 0.3 is 0 Å². The minimum absolute atomic E-state index is 0.730. The lowest BCUT2D eigenvalue weighted by Crippen LogP contribution is -2.49. The molecule has 1 saturated carbocycles. The maximum absolute atomic E-state index is 10.5. The first-order valence-corrected chi connectivity index (χ1v) is 9.26. The van der Waals surface area contributed by atoms with E-state index < -0.39 is 0 Å². The molecule has 128 valence electrons. The molecule has 1 aromatic rings. The van der Waals surface area contributed by atoms with Gasteiger partial charge in [0.05, 0.1) is 0 Å². The molecule has 23 heavy (non-hydrogen) atoms. The molecule has 0 radical (unpaired) electrons. The van der Waals surface area contributed by atoms with Crippen molar-refractivity contribution in [2.24, 2.45) is 0 Å². The molecule has 0 spiro atoms. The summed E-state index contributed by atoms with van der Waals surface area (Å²) in [4.78, 5) is 14.9. The van der Waals surface area contributed by atoms with Crippen molar-refractivity contribution in [3.05, 3.63) is 35.9 Å². The Morgan fingerprint density at radius 3 is 2.22 bits per heavy atom. The minimum atomic E-state index is 0.730.